The van der Waals surface area contributed by atoms with E-state index in [0.717, 1.165) is 4.88 Å². The van der Waals surface area contributed by atoms with Crippen LogP contribution >= 0.6 is 11.3 Å². The first-order chi connectivity index (χ1) is 15.5. The Labute approximate surface area is 189 Å². The maximum absolute atomic E-state index is 13.0. The van der Waals surface area contributed by atoms with Crippen LogP contribution in [0.15, 0.2) is 66.0 Å². The van der Waals surface area contributed by atoms with Gasteiger partial charge in [0.15, 0.2) is 12.4 Å². The van der Waals surface area contributed by atoms with Crippen molar-refractivity contribution in [2.75, 3.05) is 19.7 Å². The number of carbonyl (C=O) groups is 3. The number of ketones is 1. The predicted octanol–water partition coefficient (Wildman–Crippen LogP) is 3.66. The Balaban J connectivity index is 1.48. The van der Waals surface area contributed by atoms with Crippen molar-refractivity contribution in [3.8, 4) is 5.75 Å². The van der Waals surface area contributed by atoms with Gasteiger partial charge in [-0.25, -0.2) is 4.39 Å². The van der Waals surface area contributed by atoms with Crippen LogP contribution in [-0.2, 0) is 16.1 Å². The molecule has 0 radical (unpaired) electrons. The Bertz CT molecular complexity index is 1050. The molecule has 0 saturated carbocycles. The maximum Gasteiger partial charge on any atom is 0.260 e. The molecule has 32 heavy (non-hydrogen) atoms. The topological polar surface area (TPSA) is 75.7 Å². The van der Waals surface area contributed by atoms with Crippen molar-refractivity contribution in [3.05, 3.63) is 87.9 Å². The van der Waals surface area contributed by atoms with Crippen molar-refractivity contribution in [1.82, 2.24) is 10.2 Å². The Morgan fingerprint density at radius 2 is 1.66 bits per heavy atom. The first-order valence-electron chi connectivity index (χ1n) is 10.1. The number of nitrogens with one attached hydrogen (secondary N) is 1. The molecule has 0 fully saturated rings. The smallest absolute Gasteiger partial charge is 0.260 e. The number of ether oxygens (including phenoxy) is 1. The summed E-state index contributed by atoms with van der Waals surface area (Å²) in [5.74, 6) is -0.774. The van der Waals surface area contributed by atoms with Crippen molar-refractivity contribution in [2.45, 2.75) is 13.5 Å². The lowest BCUT2D eigenvalue weighted by Crippen LogP contribution is -2.42. The molecule has 2 aromatic carbocycles. The Morgan fingerprint density at radius 1 is 1.00 bits per heavy atom. The monoisotopic (exact) mass is 454 g/mol. The molecule has 0 aliphatic carbocycles. The fraction of sp³-hybridized carbons (Fsp3) is 0.208. The SMILES string of the molecule is CCN(CC(=O)NCc1cccs1)C(=O)COc1ccc(C(=O)c2ccc(F)cc2)cc1. The van der Waals surface area contributed by atoms with Crippen molar-refractivity contribution in [3.63, 3.8) is 0 Å². The third kappa shape index (κ3) is 6.49. The van der Waals surface area contributed by atoms with Gasteiger partial charge in [-0.3, -0.25) is 14.4 Å². The summed E-state index contributed by atoms with van der Waals surface area (Å²) >= 11 is 1.55. The van der Waals surface area contributed by atoms with Gasteiger partial charge in [-0.2, -0.15) is 0 Å². The molecule has 0 spiro atoms. The van der Waals surface area contributed by atoms with E-state index < -0.39 is 5.82 Å². The van der Waals surface area contributed by atoms with E-state index in [4.69, 9.17) is 4.74 Å². The zero-order valence-electron chi connectivity index (χ0n) is 17.5. The largest absolute Gasteiger partial charge is 0.484 e. The van der Waals surface area contributed by atoms with Gasteiger partial charge in [0.25, 0.3) is 5.91 Å². The number of amides is 2. The molecule has 0 unspecified atom stereocenters. The first-order valence-corrected chi connectivity index (χ1v) is 10.9. The number of likely N-dealkylation sites (N-methyl/N-ethyl adjacent to an activating group) is 1. The number of hydrogen-bond acceptors (Lipinski definition) is 5. The van der Waals surface area contributed by atoms with E-state index in [0.29, 0.717) is 30.0 Å². The number of thiophene rings is 1. The van der Waals surface area contributed by atoms with Crippen molar-refractivity contribution < 1.29 is 23.5 Å². The lowest BCUT2D eigenvalue weighted by molar-refractivity contribution is -0.137. The van der Waals surface area contributed by atoms with Gasteiger partial charge >= 0.3 is 0 Å². The highest BCUT2D eigenvalue weighted by Gasteiger charge is 2.16. The number of benzene rings is 2. The highest BCUT2D eigenvalue weighted by molar-refractivity contribution is 7.09. The molecule has 1 heterocycles. The molecule has 0 saturated heterocycles. The molecule has 8 heteroatoms. The van der Waals surface area contributed by atoms with E-state index in [-0.39, 0.29) is 30.7 Å². The lowest BCUT2D eigenvalue weighted by atomic mass is 10.0. The second kappa shape index (κ2) is 11.2. The van der Waals surface area contributed by atoms with Gasteiger partial charge in [0.1, 0.15) is 11.6 Å². The minimum Gasteiger partial charge on any atom is -0.484 e. The fourth-order valence-electron chi connectivity index (χ4n) is 2.91. The van der Waals surface area contributed by atoms with Gasteiger partial charge in [-0.1, -0.05) is 6.07 Å². The summed E-state index contributed by atoms with van der Waals surface area (Å²) in [4.78, 5) is 39.5. The van der Waals surface area contributed by atoms with Crippen molar-refractivity contribution in [1.29, 1.82) is 0 Å². The zero-order valence-corrected chi connectivity index (χ0v) is 18.4. The average Bonchev–Trinajstić information content (AvgIpc) is 3.34. The summed E-state index contributed by atoms with van der Waals surface area (Å²) in [6.45, 7) is 2.33. The van der Waals surface area contributed by atoms with Crippen LogP contribution in [0.2, 0.25) is 0 Å². The molecule has 166 valence electrons. The number of nitrogens with zero attached hydrogens (tertiary/aromatic N) is 1. The number of halogens is 1. The molecule has 1 N–H and O–H groups in total. The number of hydrogen-bond donors (Lipinski definition) is 1. The molecule has 3 aromatic rings. The quantitative estimate of drug-likeness (QED) is 0.475. The van der Waals surface area contributed by atoms with Crippen LogP contribution in [0.5, 0.6) is 5.75 Å². The average molecular weight is 455 g/mol. The molecule has 0 atom stereocenters. The molecule has 6 nitrogen and oxygen atoms in total. The molecule has 3 rings (SSSR count). The van der Waals surface area contributed by atoms with Crippen LogP contribution in [0, 0.1) is 5.82 Å². The van der Waals surface area contributed by atoms with Crippen LogP contribution in [0.4, 0.5) is 4.39 Å². The second-order valence-electron chi connectivity index (χ2n) is 6.91. The van der Waals surface area contributed by atoms with Gasteiger partial charge in [0.2, 0.25) is 5.91 Å². The Hall–Kier alpha value is -3.52. The van der Waals surface area contributed by atoms with Gasteiger partial charge in [0, 0.05) is 22.5 Å². The third-order valence-corrected chi connectivity index (χ3v) is 5.57. The summed E-state index contributed by atoms with van der Waals surface area (Å²) in [5, 5.41) is 4.73. The van der Waals surface area contributed by atoms with E-state index in [1.807, 2.05) is 17.5 Å². The van der Waals surface area contributed by atoms with E-state index in [1.54, 1.807) is 42.5 Å². The van der Waals surface area contributed by atoms with E-state index in [1.165, 1.54) is 29.2 Å². The van der Waals surface area contributed by atoms with Crippen LogP contribution in [-0.4, -0.2) is 42.2 Å². The molecule has 0 aliphatic heterocycles. The molecule has 2 amide bonds. The summed E-state index contributed by atoms with van der Waals surface area (Å²) < 4.78 is 18.5. The van der Waals surface area contributed by atoms with Crippen molar-refractivity contribution >= 4 is 28.9 Å². The molecule has 1 aromatic heterocycles. The van der Waals surface area contributed by atoms with E-state index >= 15 is 0 Å². The van der Waals surface area contributed by atoms with E-state index in [2.05, 4.69) is 5.32 Å². The molecule has 0 bridgehead atoms. The summed E-state index contributed by atoms with van der Waals surface area (Å²) in [6.07, 6.45) is 0. The first kappa shape index (κ1) is 23.1. The van der Waals surface area contributed by atoms with Gasteiger partial charge in [0.05, 0.1) is 13.1 Å². The predicted molar refractivity (Wildman–Crippen MR) is 120 cm³/mol. The van der Waals surface area contributed by atoms with Gasteiger partial charge in [-0.15, -0.1) is 11.3 Å². The maximum atomic E-state index is 13.0. The summed E-state index contributed by atoms with van der Waals surface area (Å²) in [5.41, 5.74) is 0.805. The van der Waals surface area contributed by atoms with Crippen LogP contribution in [0.1, 0.15) is 27.7 Å². The summed E-state index contributed by atoms with van der Waals surface area (Å²) in [6, 6.07) is 15.5. The second-order valence-corrected chi connectivity index (χ2v) is 7.95. The number of carbonyl (C=O) groups excluding carboxylic acids is 3. The summed E-state index contributed by atoms with van der Waals surface area (Å²) in [7, 11) is 0. The molecular weight excluding hydrogens is 431 g/mol. The van der Waals surface area contributed by atoms with Crippen LogP contribution < -0.4 is 10.1 Å². The Kier molecular flexibility index (Phi) is 8.10. The Morgan fingerprint density at radius 3 is 2.25 bits per heavy atom. The number of rotatable bonds is 10. The molecular formula is C24H23FN2O4S. The highest BCUT2D eigenvalue weighted by atomic mass is 32.1. The molecule has 0 aliphatic rings. The lowest BCUT2D eigenvalue weighted by Gasteiger charge is -2.20. The van der Waals surface area contributed by atoms with Gasteiger partial charge in [-0.05, 0) is 66.9 Å². The highest BCUT2D eigenvalue weighted by Crippen LogP contribution is 2.16. The zero-order chi connectivity index (χ0) is 22.9. The van der Waals surface area contributed by atoms with Gasteiger partial charge < -0.3 is 15.0 Å². The minimum atomic E-state index is -0.406. The standard InChI is InChI=1S/C24H23FN2O4S/c1-2-27(15-22(28)26-14-21-4-3-13-32-21)23(29)16-31-20-11-7-18(8-12-20)24(30)17-5-9-19(25)10-6-17/h3-13H,2,14-16H2,1H3,(H,26,28). The van der Waals surface area contributed by atoms with Crippen LogP contribution in [0.3, 0.4) is 0 Å². The van der Waals surface area contributed by atoms with Crippen molar-refractivity contribution in [2.24, 2.45) is 0 Å². The fourth-order valence-corrected chi connectivity index (χ4v) is 3.56. The van der Waals surface area contributed by atoms with E-state index in [9.17, 15) is 18.8 Å². The van der Waals surface area contributed by atoms with Crippen LogP contribution in [0.25, 0.3) is 0 Å². The normalized spacial score (nSPS) is 10.4. The third-order valence-electron chi connectivity index (χ3n) is 4.69. The minimum absolute atomic E-state index is 0.0465.